The molecule has 1 aliphatic rings. The molecule has 17 heavy (non-hydrogen) atoms. The van der Waals surface area contributed by atoms with Crippen LogP contribution in [0.2, 0.25) is 0 Å². The molecule has 0 saturated carbocycles. The summed E-state index contributed by atoms with van der Waals surface area (Å²) in [4.78, 5) is 23.8. The van der Waals surface area contributed by atoms with Crippen LogP contribution < -0.4 is 0 Å². The second-order valence-corrected chi connectivity index (χ2v) is 4.42. The van der Waals surface area contributed by atoms with Gasteiger partial charge < -0.3 is 9.84 Å². The van der Waals surface area contributed by atoms with Crippen LogP contribution in [0.1, 0.15) is 38.5 Å². The van der Waals surface area contributed by atoms with Gasteiger partial charge in [-0.15, -0.1) is 0 Å². The number of nitrogens with zero attached hydrogens (tertiary/aromatic N) is 1. The summed E-state index contributed by atoms with van der Waals surface area (Å²) in [5.74, 6) is -0.883. The summed E-state index contributed by atoms with van der Waals surface area (Å²) in [5.41, 5.74) is 0. The third-order valence-electron chi connectivity index (χ3n) is 3.20. The van der Waals surface area contributed by atoms with Crippen molar-refractivity contribution >= 4 is 11.9 Å². The standard InChI is InChI=1S/C12H21NO4/c1-17-11(14)7-3-2-4-8-13-9-5-6-10(13)12(15)16/h10H,2-9H2,1H3,(H,15,16)/t10-/m0/s1. The maximum atomic E-state index is 10.9. The number of carbonyl (C=O) groups excluding carboxylic acids is 1. The molecule has 1 saturated heterocycles. The molecule has 5 nitrogen and oxygen atoms in total. The molecule has 0 aromatic carbocycles. The number of rotatable bonds is 7. The molecule has 1 rings (SSSR count). The monoisotopic (exact) mass is 243 g/mol. The van der Waals surface area contributed by atoms with Crippen LogP contribution in [0.25, 0.3) is 0 Å². The van der Waals surface area contributed by atoms with Gasteiger partial charge in [0.1, 0.15) is 6.04 Å². The number of methoxy groups -OCH3 is 1. The van der Waals surface area contributed by atoms with Gasteiger partial charge in [-0.1, -0.05) is 6.42 Å². The number of esters is 1. The first-order valence-electron chi connectivity index (χ1n) is 6.19. The summed E-state index contributed by atoms with van der Waals surface area (Å²) in [7, 11) is 1.39. The highest BCUT2D eigenvalue weighted by atomic mass is 16.5. The van der Waals surface area contributed by atoms with Crippen molar-refractivity contribution in [2.45, 2.75) is 44.6 Å². The van der Waals surface area contributed by atoms with Gasteiger partial charge in [-0.2, -0.15) is 0 Å². The first-order chi connectivity index (χ1) is 8.15. The van der Waals surface area contributed by atoms with Crippen molar-refractivity contribution in [2.24, 2.45) is 0 Å². The fraction of sp³-hybridized carbons (Fsp3) is 0.833. The largest absolute Gasteiger partial charge is 0.480 e. The highest BCUT2D eigenvalue weighted by Crippen LogP contribution is 2.18. The molecule has 1 aliphatic heterocycles. The Morgan fingerprint density at radius 3 is 2.76 bits per heavy atom. The van der Waals surface area contributed by atoms with Gasteiger partial charge in [0, 0.05) is 6.42 Å². The van der Waals surface area contributed by atoms with E-state index in [1.54, 1.807) is 0 Å². The van der Waals surface area contributed by atoms with E-state index >= 15 is 0 Å². The fourth-order valence-electron chi connectivity index (χ4n) is 2.24. The molecule has 0 spiro atoms. The number of ether oxygens (including phenoxy) is 1. The predicted octanol–water partition coefficient (Wildman–Crippen LogP) is 1.27. The van der Waals surface area contributed by atoms with E-state index in [0.717, 1.165) is 45.2 Å². The quantitative estimate of drug-likeness (QED) is 0.538. The third-order valence-corrected chi connectivity index (χ3v) is 3.20. The lowest BCUT2D eigenvalue weighted by Gasteiger charge is -2.20. The van der Waals surface area contributed by atoms with Crippen molar-refractivity contribution in [3.8, 4) is 0 Å². The number of carbonyl (C=O) groups is 2. The van der Waals surface area contributed by atoms with E-state index in [1.165, 1.54) is 7.11 Å². The Balaban J connectivity index is 2.10. The molecule has 5 heteroatoms. The highest BCUT2D eigenvalue weighted by molar-refractivity contribution is 5.73. The predicted molar refractivity (Wildman–Crippen MR) is 62.7 cm³/mol. The molecule has 0 aromatic heterocycles. The Morgan fingerprint density at radius 2 is 2.12 bits per heavy atom. The Kier molecular flexibility index (Phi) is 5.97. The van der Waals surface area contributed by atoms with E-state index in [0.29, 0.717) is 6.42 Å². The lowest BCUT2D eigenvalue weighted by atomic mass is 10.1. The number of unbranched alkanes of at least 4 members (excludes halogenated alkanes) is 2. The number of carboxylic acids is 1. The molecule has 0 bridgehead atoms. The highest BCUT2D eigenvalue weighted by Gasteiger charge is 2.29. The van der Waals surface area contributed by atoms with Crippen molar-refractivity contribution in [1.29, 1.82) is 0 Å². The van der Waals surface area contributed by atoms with Crippen LogP contribution in [0.15, 0.2) is 0 Å². The second kappa shape index (κ2) is 7.27. The first kappa shape index (κ1) is 14.0. The molecule has 1 atom stereocenters. The molecule has 1 heterocycles. The lowest BCUT2D eigenvalue weighted by molar-refractivity contribution is -0.142. The zero-order valence-corrected chi connectivity index (χ0v) is 10.4. The molecule has 0 radical (unpaired) electrons. The topological polar surface area (TPSA) is 66.8 Å². The van der Waals surface area contributed by atoms with E-state index in [2.05, 4.69) is 4.74 Å². The van der Waals surface area contributed by atoms with Crippen LogP contribution in [0.5, 0.6) is 0 Å². The van der Waals surface area contributed by atoms with Gasteiger partial charge in [-0.05, 0) is 38.8 Å². The van der Waals surface area contributed by atoms with E-state index in [9.17, 15) is 9.59 Å². The molecule has 0 aliphatic carbocycles. The molecule has 0 aromatic rings. The van der Waals surface area contributed by atoms with Crippen LogP contribution in [-0.4, -0.2) is 48.2 Å². The van der Waals surface area contributed by atoms with E-state index < -0.39 is 5.97 Å². The van der Waals surface area contributed by atoms with Crippen molar-refractivity contribution in [3.63, 3.8) is 0 Å². The molecule has 0 amide bonds. The number of carboxylic acid groups (broad SMARTS) is 1. The van der Waals surface area contributed by atoms with E-state index in [4.69, 9.17) is 5.11 Å². The first-order valence-corrected chi connectivity index (χ1v) is 6.19. The number of likely N-dealkylation sites (tertiary alicyclic amines) is 1. The van der Waals surface area contributed by atoms with Gasteiger partial charge in [0.2, 0.25) is 0 Å². The fourth-order valence-corrected chi connectivity index (χ4v) is 2.24. The average molecular weight is 243 g/mol. The van der Waals surface area contributed by atoms with E-state index in [1.807, 2.05) is 4.90 Å². The van der Waals surface area contributed by atoms with Gasteiger partial charge >= 0.3 is 11.9 Å². The minimum atomic E-state index is -0.711. The number of hydrogen-bond donors (Lipinski definition) is 1. The zero-order chi connectivity index (χ0) is 12.7. The maximum absolute atomic E-state index is 10.9. The Morgan fingerprint density at radius 1 is 1.35 bits per heavy atom. The molecule has 1 fully saturated rings. The van der Waals surface area contributed by atoms with Crippen molar-refractivity contribution < 1.29 is 19.4 Å². The summed E-state index contributed by atoms with van der Waals surface area (Å²) < 4.78 is 4.55. The molecular weight excluding hydrogens is 222 g/mol. The Hall–Kier alpha value is -1.10. The van der Waals surface area contributed by atoms with Gasteiger partial charge in [-0.25, -0.2) is 0 Å². The Labute approximate surface area is 102 Å². The van der Waals surface area contributed by atoms with Crippen LogP contribution in [-0.2, 0) is 14.3 Å². The summed E-state index contributed by atoms with van der Waals surface area (Å²) in [6.45, 7) is 1.70. The second-order valence-electron chi connectivity index (χ2n) is 4.42. The van der Waals surface area contributed by atoms with Crippen LogP contribution in [0, 0.1) is 0 Å². The van der Waals surface area contributed by atoms with Crippen molar-refractivity contribution in [1.82, 2.24) is 4.90 Å². The van der Waals surface area contributed by atoms with E-state index in [-0.39, 0.29) is 12.0 Å². The van der Waals surface area contributed by atoms with Gasteiger partial charge in [0.05, 0.1) is 7.11 Å². The minimum Gasteiger partial charge on any atom is -0.480 e. The van der Waals surface area contributed by atoms with Gasteiger partial charge in [0.15, 0.2) is 0 Å². The number of hydrogen-bond acceptors (Lipinski definition) is 4. The third kappa shape index (κ3) is 4.73. The SMILES string of the molecule is COC(=O)CCCCCN1CCC[C@H]1C(=O)O. The van der Waals surface area contributed by atoms with Gasteiger partial charge in [0.25, 0.3) is 0 Å². The van der Waals surface area contributed by atoms with Crippen molar-refractivity contribution in [2.75, 3.05) is 20.2 Å². The molecule has 98 valence electrons. The molecular formula is C12H21NO4. The summed E-state index contributed by atoms with van der Waals surface area (Å²) in [6.07, 6.45) is 4.90. The normalized spacial score (nSPS) is 20.4. The van der Waals surface area contributed by atoms with Crippen molar-refractivity contribution in [3.05, 3.63) is 0 Å². The van der Waals surface area contributed by atoms with Crippen LogP contribution >= 0.6 is 0 Å². The Bertz CT molecular complexity index is 267. The molecule has 0 unspecified atom stereocenters. The maximum Gasteiger partial charge on any atom is 0.320 e. The average Bonchev–Trinajstić information content (AvgIpc) is 2.76. The smallest absolute Gasteiger partial charge is 0.320 e. The summed E-state index contributed by atoms with van der Waals surface area (Å²) >= 11 is 0. The minimum absolute atomic E-state index is 0.172. The lowest BCUT2D eigenvalue weighted by Crippen LogP contribution is -2.36. The van der Waals surface area contributed by atoms with Crippen LogP contribution in [0.4, 0.5) is 0 Å². The number of aliphatic carboxylic acids is 1. The molecule has 1 N–H and O–H groups in total. The summed E-state index contributed by atoms with van der Waals surface area (Å²) in [5, 5.41) is 8.99. The van der Waals surface area contributed by atoms with Gasteiger partial charge in [-0.3, -0.25) is 14.5 Å². The summed E-state index contributed by atoms with van der Waals surface area (Å²) in [6, 6.07) is -0.296. The van der Waals surface area contributed by atoms with Crippen LogP contribution in [0.3, 0.4) is 0 Å². The zero-order valence-electron chi connectivity index (χ0n) is 10.4.